The standard InChI is InChI=1S/C26H38N6O6S/c1-4-15(2)22(27)25(36)32-20(11-16-5-7-18(33)8-6-16)23(34)31-21(12-17-13-28-14-29-17)24(35)30-19(26(37)38)9-10-39-3/h5-8,13-15,19-22,33H,4,9-12,27H2,1-3H3,(H,28,29)(H,30,35)(H,31,34)(H,32,36)(H,37,38). The smallest absolute Gasteiger partial charge is 0.326 e. The lowest BCUT2D eigenvalue weighted by molar-refractivity contribution is -0.142. The van der Waals surface area contributed by atoms with Crippen LogP contribution in [0, 0.1) is 5.92 Å². The first-order valence-corrected chi connectivity index (χ1v) is 14.1. The average molecular weight is 563 g/mol. The molecule has 214 valence electrons. The van der Waals surface area contributed by atoms with E-state index >= 15 is 0 Å². The van der Waals surface area contributed by atoms with Crippen LogP contribution >= 0.6 is 11.8 Å². The first kappa shape index (κ1) is 31.6. The summed E-state index contributed by atoms with van der Waals surface area (Å²) in [7, 11) is 0. The van der Waals surface area contributed by atoms with Crippen LogP contribution in [0.2, 0.25) is 0 Å². The number of carboxylic acids is 1. The molecule has 5 unspecified atom stereocenters. The lowest BCUT2D eigenvalue weighted by atomic mass is 9.98. The number of carbonyl (C=O) groups excluding carboxylic acids is 3. The van der Waals surface area contributed by atoms with Crippen molar-refractivity contribution < 1.29 is 29.4 Å². The number of benzene rings is 1. The number of phenols is 1. The third-order valence-electron chi connectivity index (χ3n) is 6.41. The summed E-state index contributed by atoms with van der Waals surface area (Å²) < 4.78 is 0. The van der Waals surface area contributed by atoms with Crippen molar-refractivity contribution in [3.05, 3.63) is 48.0 Å². The highest BCUT2D eigenvalue weighted by molar-refractivity contribution is 7.98. The average Bonchev–Trinajstić information content (AvgIpc) is 3.43. The topological polar surface area (TPSA) is 200 Å². The summed E-state index contributed by atoms with van der Waals surface area (Å²) in [5, 5.41) is 27.0. The number of aliphatic carboxylic acids is 1. The second kappa shape index (κ2) is 15.7. The zero-order valence-electron chi connectivity index (χ0n) is 22.3. The number of aromatic hydroxyl groups is 1. The number of carbonyl (C=O) groups is 4. The van der Waals surface area contributed by atoms with E-state index in [1.54, 1.807) is 12.1 Å². The molecule has 0 aliphatic heterocycles. The van der Waals surface area contributed by atoms with Crippen molar-refractivity contribution in [3.63, 3.8) is 0 Å². The highest BCUT2D eigenvalue weighted by atomic mass is 32.2. The SMILES string of the molecule is CCC(C)C(N)C(=O)NC(Cc1ccc(O)cc1)C(=O)NC(Cc1cnc[nH]1)C(=O)NC(CCSC)C(=O)O. The van der Waals surface area contributed by atoms with Gasteiger partial charge >= 0.3 is 5.97 Å². The van der Waals surface area contributed by atoms with Gasteiger partial charge < -0.3 is 36.9 Å². The fraction of sp³-hybridized carbons (Fsp3) is 0.500. The number of thioether (sulfide) groups is 1. The van der Waals surface area contributed by atoms with Crippen molar-refractivity contribution in [2.24, 2.45) is 11.7 Å². The Morgan fingerprint density at radius 2 is 1.59 bits per heavy atom. The van der Waals surface area contributed by atoms with Gasteiger partial charge in [-0.15, -0.1) is 0 Å². The number of rotatable bonds is 16. The molecule has 0 spiro atoms. The summed E-state index contributed by atoms with van der Waals surface area (Å²) in [4.78, 5) is 58.1. The molecule has 0 saturated carbocycles. The zero-order chi connectivity index (χ0) is 28.9. The summed E-state index contributed by atoms with van der Waals surface area (Å²) >= 11 is 1.45. The Hall–Kier alpha value is -3.58. The Kier molecular flexibility index (Phi) is 12.8. The van der Waals surface area contributed by atoms with Crippen molar-refractivity contribution >= 4 is 35.5 Å². The number of nitrogens with one attached hydrogen (secondary N) is 4. The van der Waals surface area contributed by atoms with Gasteiger partial charge in [0, 0.05) is 24.7 Å². The molecule has 0 radical (unpaired) electrons. The number of amides is 3. The molecule has 1 aromatic heterocycles. The largest absolute Gasteiger partial charge is 0.508 e. The summed E-state index contributed by atoms with van der Waals surface area (Å²) in [5.41, 5.74) is 7.29. The third-order valence-corrected chi connectivity index (χ3v) is 7.05. The number of aromatic amines is 1. The number of nitrogens with zero attached hydrogens (tertiary/aromatic N) is 1. The van der Waals surface area contributed by atoms with Crippen LogP contribution in [0.1, 0.15) is 37.9 Å². The predicted molar refractivity (Wildman–Crippen MR) is 148 cm³/mol. The molecule has 12 nitrogen and oxygen atoms in total. The van der Waals surface area contributed by atoms with Crippen molar-refractivity contribution in [1.82, 2.24) is 25.9 Å². The van der Waals surface area contributed by atoms with E-state index in [-0.39, 0.29) is 30.9 Å². The highest BCUT2D eigenvalue weighted by Crippen LogP contribution is 2.13. The Bertz CT molecular complexity index is 1080. The Morgan fingerprint density at radius 1 is 1.00 bits per heavy atom. The third kappa shape index (κ3) is 10.2. The van der Waals surface area contributed by atoms with Gasteiger partial charge in [0.25, 0.3) is 0 Å². The first-order chi connectivity index (χ1) is 18.5. The van der Waals surface area contributed by atoms with E-state index in [9.17, 15) is 29.4 Å². The number of hydrogen-bond donors (Lipinski definition) is 7. The molecule has 0 saturated heterocycles. The van der Waals surface area contributed by atoms with E-state index in [1.165, 1.54) is 36.4 Å². The van der Waals surface area contributed by atoms with E-state index in [4.69, 9.17) is 5.73 Å². The molecule has 3 amide bonds. The molecule has 8 N–H and O–H groups in total. The number of hydrogen-bond acceptors (Lipinski definition) is 8. The Morgan fingerprint density at radius 3 is 2.13 bits per heavy atom. The molecule has 0 bridgehead atoms. The maximum absolute atomic E-state index is 13.5. The van der Waals surface area contributed by atoms with E-state index in [1.807, 2.05) is 20.1 Å². The van der Waals surface area contributed by atoms with Crippen LogP contribution in [-0.2, 0) is 32.0 Å². The van der Waals surface area contributed by atoms with Gasteiger partial charge in [-0.1, -0.05) is 32.4 Å². The van der Waals surface area contributed by atoms with Crippen LogP contribution in [0.15, 0.2) is 36.8 Å². The first-order valence-electron chi connectivity index (χ1n) is 12.7. The molecular formula is C26H38N6O6S. The van der Waals surface area contributed by atoms with Gasteiger partial charge in [0.05, 0.1) is 12.4 Å². The van der Waals surface area contributed by atoms with Gasteiger partial charge in [0.1, 0.15) is 23.9 Å². The zero-order valence-corrected chi connectivity index (χ0v) is 23.2. The van der Waals surface area contributed by atoms with Crippen molar-refractivity contribution in [1.29, 1.82) is 0 Å². The molecule has 1 aromatic carbocycles. The minimum Gasteiger partial charge on any atom is -0.508 e. The molecule has 2 aromatic rings. The van der Waals surface area contributed by atoms with Crippen LogP contribution in [0.3, 0.4) is 0 Å². The van der Waals surface area contributed by atoms with Crippen LogP contribution < -0.4 is 21.7 Å². The molecule has 39 heavy (non-hydrogen) atoms. The molecule has 0 fully saturated rings. The highest BCUT2D eigenvalue weighted by Gasteiger charge is 2.31. The molecule has 0 aliphatic carbocycles. The number of carboxylic acid groups (broad SMARTS) is 1. The lowest BCUT2D eigenvalue weighted by Crippen LogP contribution is -2.58. The monoisotopic (exact) mass is 562 g/mol. The predicted octanol–water partition coefficient (Wildman–Crippen LogP) is 0.566. The second-order valence-electron chi connectivity index (χ2n) is 9.37. The fourth-order valence-corrected chi connectivity index (χ4v) is 4.19. The normalized spacial score (nSPS) is 14.9. The summed E-state index contributed by atoms with van der Waals surface area (Å²) in [6.45, 7) is 3.74. The molecular weight excluding hydrogens is 524 g/mol. The van der Waals surface area contributed by atoms with Crippen LogP contribution in [0.5, 0.6) is 5.75 Å². The van der Waals surface area contributed by atoms with E-state index in [0.717, 1.165) is 0 Å². The summed E-state index contributed by atoms with van der Waals surface area (Å²) in [6, 6.07) is 1.94. The van der Waals surface area contributed by atoms with Crippen LogP contribution in [-0.4, -0.2) is 80.0 Å². The number of H-pyrrole nitrogens is 1. The lowest BCUT2D eigenvalue weighted by Gasteiger charge is -2.26. The summed E-state index contributed by atoms with van der Waals surface area (Å²) in [6.07, 6.45) is 5.70. The van der Waals surface area contributed by atoms with Crippen LogP contribution in [0.25, 0.3) is 0 Å². The Labute approximate surface area is 231 Å². The molecule has 13 heteroatoms. The van der Waals surface area contributed by atoms with Gasteiger partial charge in [-0.2, -0.15) is 11.8 Å². The van der Waals surface area contributed by atoms with Crippen LogP contribution in [0.4, 0.5) is 0 Å². The molecule has 2 rings (SSSR count). The van der Waals surface area contributed by atoms with E-state index in [0.29, 0.717) is 23.4 Å². The van der Waals surface area contributed by atoms with Gasteiger partial charge in [-0.05, 0) is 42.0 Å². The number of phenolic OH excluding ortho intramolecular Hbond substituents is 1. The molecule has 0 aliphatic rings. The van der Waals surface area contributed by atoms with Crippen molar-refractivity contribution in [2.45, 2.75) is 63.7 Å². The molecule has 1 heterocycles. The number of nitrogens with two attached hydrogens (primary N) is 1. The quantitative estimate of drug-likeness (QED) is 0.153. The minimum atomic E-state index is -1.18. The number of imidazole rings is 1. The van der Waals surface area contributed by atoms with Gasteiger partial charge in [0.2, 0.25) is 17.7 Å². The molecule has 5 atom stereocenters. The van der Waals surface area contributed by atoms with Crippen molar-refractivity contribution in [2.75, 3.05) is 12.0 Å². The van der Waals surface area contributed by atoms with E-state index < -0.39 is 47.9 Å². The van der Waals surface area contributed by atoms with E-state index in [2.05, 4.69) is 25.9 Å². The summed E-state index contributed by atoms with van der Waals surface area (Å²) in [5.74, 6) is -2.59. The van der Waals surface area contributed by atoms with Gasteiger partial charge in [0.15, 0.2) is 0 Å². The minimum absolute atomic E-state index is 0.0126. The maximum atomic E-state index is 13.5. The maximum Gasteiger partial charge on any atom is 0.326 e. The van der Waals surface area contributed by atoms with Crippen molar-refractivity contribution in [3.8, 4) is 5.75 Å². The fourth-order valence-electron chi connectivity index (χ4n) is 3.72. The van der Waals surface area contributed by atoms with Gasteiger partial charge in [-0.3, -0.25) is 14.4 Å². The second-order valence-corrected chi connectivity index (χ2v) is 10.4. The van der Waals surface area contributed by atoms with Gasteiger partial charge in [-0.25, -0.2) is 9.78 Å². The Balaban J connectivity index is 2.28. The number of aromatic nitrogens is 2.